The quantitative estimate of drug-likeness (QED) is 0.478. The number of carbonyl (C=O) groups is 1. The number of hydrazone groups is 1. The molecule has 0 spiro atoms. The maximum Gasteiger partial charge on any atom is 0.278 e. The highest BCUT2D eigenvalue weighted by Gasteiger charge is 2.35. The number of amides is 1. The second-order valence-electron chi connectivity index (χ2n) is 7.66. The fourth-order valence-corrected chi connectivity index (χ4v) is 4.22. The predicted molar refractivity (Wildman–Crippen MR) is 118 cm³/mol. The first-order valence-corrected chi connectivity index (χ1v) is 10.0. The number of hydrogen-bond donors (Lipinski definition) is 2. The molecule has 5 nitrogen and oxygen atoms in total. The van der Waals surface area contributed by atoms with Crippen LogP contribution in [0.5, 0.6) is 5.75 Å². The first kappa shape index (κ1) is 19.1. The molecule has 4 aromatic rings. The van der Waals surface area contributed by atoms with Crippen LogP contribution in [0.15, 0.2) is 77.9 Å². The van der Waals surface area contributed by atoms with Gasteiger partial charge >= 0.3 is 0 Å². The minimum absolute atomic E-state index is 0.0997. The summed E-state index contributed by atoms with van der Waals surface area (Å²) in [6.45, 7) is 1.98. The Morgan fingerprint density at radius 2 is 1.77 bits per heavy atom. The summed E-state index contributed by atoms with van der Waals surface area (Å²) < 4.78 is 13.5. The molecule has 2 N–H and O–H groups in total. The fourth-order valence-electron chi connectivity index (χ4n) is 4.22. The van der Waals surface area contributed by atoms with Gasteiger partial charge in [-0.25, -0.2) is 9.40 Å². The molecule has 6 heteroatoms. The van der Waals surface area contributed by atoms with Gasteiger partial charge in [0.1, 0.15) is 11.6 Å². The highest BCUT2D eigenvalue weighted by Crippen LogP contribution is 2.37. The molecule has 0 aliphatic carbocycles. The smallest absolute Gasteiger partial charge is 0.278 e. The van der Waals surface area contributed by atoms with Crippen LogP contribution in [0.25, 0.3) is 10.9 Å². The molecule has 1 atom stereocenters. The van der Waals surface area contributed by atoms with Crippen LogP contribution < -0.4 is 0 Å². The van der Waals surface area contributed by atoms with E-state index < -0.39 is 11.9 Å². The van der Waals surface area contributed by atoms with Crippen molar-refractivity contribution in [3.05, 3.63) is 101 Å². The van der Waals surface area contributed by atoms with E-state index >= 15 is 0 Å². The normalized spacial score (nSPS) is 16.0. The Labute approximate surface area is 178 Å². The van der Waals surface area contributed by atoms with Crippen molar-refractivity contribution in [1.82, 2.24) is 9.99 Å². The number of phenolic OH excluding ortho intramolecular Hbond substituents is 1. The molecular weight excluding hydrogens is 393 g/mol. The Balaban J connectivity index is 1.63. The van der Waals surface area contributed by atoms with Gasteiger partial charge in [-0.15, -0.1) is 0 Å². The monoisotopic (exact) mass is 413 g/mol. The zero-order chi connectivity index (χ0) is 21.5. The number of aromatic hydroxyl groups is 1. The van der Waals surface area contributed by atoms with Gasteiger partial charge in [-0.05, 0) is 42.8 Å². The van der Waals surface area contributed by atoms with Gasteiger partial charge in [-0.2, -0.15) is 5.10 Å². The van der Waals surface area contributed by atoms with E-state index in [1.54, 1.807) is 30.3 Å². The summed E-state index contributed by atoms with van der Waals surface area (Å²) in [7, 11) is 0. The average Bonchev–Trinajstić information content (AvgIpc) is 3.34. The lowest BCUT2D eigenvalue weighted by molar-refractivity contribution is 0.0708. The van der Waals surface area contributed by atoms with E-state index in [4.69, 9.17) is 5.10 Å². The molecule has 0 saturated carbocycles. The van der Waals surface area contributed by atoms with Gasteiger partial charge in [0.2, 0.25) is 0 Å². The molecular formula is C25H20FN3O2. The van der Waals surface area contributed by atoms with E-state index in [9.17, 15) is 14.3 Å². The summed E-state index contributed by atoms with van der Waals surface area (Å²) in [6, 6.07) is 20.1. The minimum atomic E-state index is -0.407. The van der Waals surface area contributed by atoms with E-state index in [1.165, 1.54) is 23.2 Å². The van der Waals surface area contributed by atoms with Gasteiger partial charge < -0.3 is 10.1 Å². The highest BCUT2D eigenvalue weighted by molar-refractivity contribution is 6.14. The lowest BCUT2D eigenvalue weighted by Gasteiger charge is -2.22. The lowest BCUT2D eigenvalue weighted by atomic mass is 9.96. The third-order valence-electron chi connectivity index (χ3n) is 5.69. The molecule has 2 heterocycles. The van der Waals surface area contributed by atoms with E-state index in [0.29, 0.717) is 6.42 Å². The zero-order valence-corrected chi connectivity index (χ0v) is 16.8. The molecule has 154 valence electrons. The molecule has 5 rings (SSSR count). The van der Waals surface area contributed by atoms with Crippen LogP contribution in [-0.4, -0.2) is 26.7 Å². The topological polar surface area (TPSA) is 68.7 Å². The van der Waals surface area contributed by atoms with Crippen LogP contribution in [0.2, 0.25) is 0 Å². The molecule has 1 aromatic heterocycles. The van der Waals surface area contributed by atoms with Gasteiger partial charge in [-0.3, -0.25) is 4.79 Å². The van der Waals surface area contributed by atoms with Crippen LogP contribution in [-0.2, 0) is 0 Å². The number of aromatic nitrogens is 1. The number of phenols is 1. The van der Waals surface area contributed by atoms with Crippen LogP contribution in [0, 0.1) is 12.7 Å². The molecule has 1 aliphatic rings. The van der Waals surface area contributed by atoms with Crippen LogP contribution in [0.4, 0.5) is 4.39 Å². The largest absolute Gasteiger partial charge is 0.507 e. The number of aromatic amines is 1. The number of carbonyl (C=O) groups excluding carboxylic acids is 1. The van der Waals surface area contributed by atoms with Gasteiger partial charge in [0.15, 0.2) is 0 Å². The number of benzene rings is 3. The lowest BCUT2D eigenvalue weighted by Crippen LogP contribution is -2.27. The number of fused-ring (bicyclic) bond motifs is 1. The van der Waals surface area contributed by atoms with E-state index in [0.717, 1.165) is 33.4 Å². The number of aryl methyl sites for hydroxylation is 1. The van der Waals surface area contributed by atoms with Crippen molar-refractivity contribution in [1.29, 1.82) is 0 Å². The van der Waals surface area contributed by atoms with Crippen LogP contribution >= 0.6 is 0 Å². The molecule has 0 radical (unpaired) electrons. The minimum Gasteiger partial charge on any atom is -0.507 e. The maximum atomic E-state index is 13.5. The average molecular weight is 413 g/mol. The maximum absolute atomic E-state index is 13.5. The van der Waals surface area contributed by atoms with Crippen molar-refractivity contribution < 1.29 is 14.3 Å². The summed E-state index contributed by atoms with van der Waals surface area (Å²) in [5.41, 5.74) is 4.66. The van der Waals surface area contributed by atoms with Crippen molar-refractivity contribution in [2.24, 2.45) is 5.10 Å². The third-order valence-corrected chi connectivity index (χ3v) is 5.69. The third kappa shape index (κ3) is 3.26. The standard InChI is InChI=1S/C25H20FN3O2/c1-15-24(18-6-2-4-8-20(18)27-15)21-14-22(16-10-12-17(26)13-11-16)29(28-21)25(31)19-7-3-5-9-23(19)30/h2-13,22,27,30H,14H2,1H3. The first-order chi connectivity index (χ1) is 15.0. The number of rotatable bonds is 3. The Morgan fingerprint density at radius 3 is 2.55 bits per heavy atom. The number of hydrogen-bond acceptors (Lipinski definition) is 3. The Kier molecular flexibility index (Phi) is 4.55. The van der Waals surface area contributed by atoms with Gasteiger partial charge in [0.05, 0.1) is 17.3 Å². The first-order valence-electron chi connectivity index (χ1n) is 10.0. The van der Waals surface area contributed by atoms with E-state index in [2.05, 4.69) is 4.98 Å². The number of nitrogens with one attached hydrogen (secondary N) is 1. The van der Waals surface area contributed by atoms with Crippen molar-refractivity contribution in [3.63, 3.8) is 0 Å². The SMILES string of the molecule is Cc1[nH]c2ccccc2c1C1=NN(C(=O)c2ccccc2O)C(c2ccc(F)cc2)C1. The second-order valence-corrected chi connectivity index (χ2v) is 7.66. The van der Waals surface area contributed by atoms with Crippen LogP contribution in [0.3, 0.4) is 0 Å². The molecule has 0 fully saturated rings. The Bertz CT molecular complexity index is 1320. The Morgan fingerprint density at radius 1 is 1.06 bits per heavy atom. The fraction of sp³-hybridized carbons (Fsp3) is 0.120. The van der Waals surface area contributed by atoms with Crippen molar-refractivity contribution in [2.45, 2.75) is 19.4 Å². The molecule has 0 bridgehead atoms. The Hall–Kier alpha value is -3.93. The number of H-pyrrole nitrogens is 1. The number of halogens is 1. The molecule has 31 heavy (non-hydrogen) atoms. The molecule has 3 aromatic carbocycles. The summed E-state index contributed by atoms with van der Waals surface area (Å²) >= 11 is 0. The van der Waals surface area contributed by atoms with Crippen molar-refractivity contribution >= 4 is 22.5 Å². The molecule has 1 amide bonds. The van der Waals surface area contributed by atoms with Crippen molar-refractivity contribution in [2.75, 3.05) is 0 Å². The number of para-hydroxylation sites is 2. The molecule has 0 saturated heterocycles. The summed E-state index contributed by atoms with van der Waals surface area (Å²) in [6.07, 6.45) is 0.480. The zero-order valence-electron chi connectivity index (χ0n) is 16.8. The van der Waals surface area contributed by atoms with Gasteiger partial charge in [-0.1, -0.05) is 42.5 Å². The molecule has 1 unspecified atom stereocenters. The van der Waals surface area contributed by atoms with Crippen LogP contribution in [0.1, 0.15) is 39.6 Å². The summed E-state index contributed by atoms with van der Waals surface area (Å²) in [5.74, 6) is -0.842. The predicted octanol–water partition coefficient (Wildman–Crippen LogP) is 5.31. The second kappa shape index (κ2) is 7.40. The summed E-state index contributed by atoms with van der Waals surface area (Å²) in [5, 5.41) is 17.4. The van der Waals surface area contributed by atoms with Crippen molar-refractivity contribution in [3.8, 4) is 5.75 Å². The molecule has 1 aliphatic heterocycles. The van der Waals surface area contributed by atoms with Gasteiger partial charge in [0, 0.05) is 28.6 Å². The summed E-state index contributed by atoms with van der Waals surface area (Å²) in [4.78, 5) is 16.7. The van der Waals surface area contributed by atoms with Gasteiger partial charge in [0.25, 0.3) is 5.91 Å². The number of nitrogens with zero attached hydrogens (tertiary/aromatic N) is 2. The van der Waals surface area contributed by atoms with E-state index in [1.807, 2.05) is 31.2 Å². The highest BCUT2D eigenvalue weighted by atomic mass is 19.1. The van der Waals surface area contributed by atoms with E-state index in [-0.39, 0.29) is 17.1 Å².